The average molecular weight is 427 g/mol. The van der Waals surface area contributed by atoms with Gasteiger partial charge in [-0.2, -0.15) is 0 Å². The fourth-order valence-corrected chi connectivity index (χ4v) is 3.23. The molecule has 1 N–H and O–H groups in total. The molecule has 1 heterocycles. The number of rotatable bonds is 9. The number of carbonyl (C=O) groups is 1. The van der Waals surface area contributed by atoms with E-state index in [0.29, 0.717) is 31.9 Å². The molecule has 3 aromatic carbocycles. The standard InChI is InChI=1S/C27H26N2O3/c1-20-7-11-23(12-8-20)25-18-29-27(32-25)16-15-26(30)28-17-21-9-13-24(14-10-21)31-19-22-5-3-2-4-6-22/h2-14,18H,15-17,19H2,1H3,(H,28,30). The summed E-state index contributed by atoms with van der Waals surface area (Å²) in [5, 5.41) is 2.94. The van der Waals surface area contributed by atoms with E-state index in [2.05, 4.69) is 10.3 Å². The molecule has 0 saturated carbocycles. The van der Waals surface area contributed by atoms with Crippen LogP contribution >= 0.6 is 0 Å². The van der Waals surface area contributed by atoms with Gasteiger partial charge in [0.25, 0.3) is 0 Å². The summed E-state index contributed by atoms with van der Waals surface area (Å²) >= 11 is 0. The van der Waals surface area contributed by atoms with Gasteiger partial charge in [0.05, 0.1) is 6.20 Å². The number of ether oxygens (including phenoxy) is 1. The van der Waals surface area contributed by atoms with Crippen LogP contribution in [-0.4, -0.2) is 10.9 Å². The van der Waals surface area contributed by atoms with Crippen LogP contribution in [0, 0.1) is 6.92 Å². The Morgan fingerprint density at radius 2 is 1.69 bits per heavy atom. The van der Waals surface area contributed by atoms with Gasteiger partial charge in [-0.3, -0.25) is 4.79 Å². The predicted molar refractivity (Wildman–Crippen MR) is 124 cm³/mol. The Labute approximate surface area is 188 Å². The Hall–Kier alpha value is -3.86. The number of nitrogens with one attached hydrogen (secondary N) is 1. The van der Waals surface area contributed by atoms with Gasteiger partial charge in [-0.25, -0.2) is 4.98 Å². The van der Waals surface area contributed by atoms with Crippen molar-refractivity contribution < 1.29 is 13.9 Å². The fraction of sp³-hybridized carbons (Fsp3) is 0.185. The summed E-state index contributed by atoms with van der Waals surface area (Å²) in [4.78, 5) is 16.5. The molecule has 0 saturated heterocycles. The average Bonchev–Trinajstić information content (AvgIpc) is 3.31. The summed E-state index contributed by atoms with van der Waals surface area (Å²) in [6.07, 6.45) is 2.50. The number of benzene rings is 3. The van der Waals surface area contributed by atoms with Crippen LogP contribution in [0.4, 0.5) is 0 Å². The first-order valence-electron chi connectivity index (χ1n) is 10.7. The van der Waals surface area contributed by atoms with E-state index in [-0.39, 0.29) is 5.91 Å². The van der Waals surface area contributed by atoms with E-state index in [1.807, 2.05) is 85.8 Å². The van der Waals surface area contributed by atoms with E-state index in [1.165, 1.54) is 5.56 Å². The van der Waals surface area contributed by atoms with Gasteiger partial charge in [0.1, 0.15) is 12.4 Å². The van der Waals surface area contributed by atoms with E-state index < -0.39 is 0 Å². The lowest BCUT2D eigenvalue weighted by Crippen LogP contribution is -2.23. The van der Waals surface area contributed by atoms with Gasteiger partial charge in [0, 0.05) is 24.9 Å². The van der Waals surface area contributed by atoms with Crippen LogP contribution in [0.25, 0.3) is 11.3 Å². The molecule has 0 aliphatic carbocycles. The van der Waals surface area contributed by atoms with Gasteiger partial charge in [0.15, 0.2) is 11.7 Å². The molecular weight excluding hydrogens is 400 g/mol. The Bertz CT molecular complexity index is 1130. The molecule has 1 aromatic heterocycles. The van der Waals surface area contributed by atoms with E-state index in [0.717, 1.165) is 28.2 Å². The van der Waals surface area contributed by atoms with Gasteiger partial charge in [-0.15, -0.1) is 0 Å². The smallest absolute Gasteiger partial charge is 0.220 e. The highest BCUT2D eigenvalue weighted by Crippen LogP contribution is 2.21. The molecule has 0 spiro atoms. The Morgan fingerprint density at radius 1 is 0.938 bits per heavy atom. The molecular formula is C27H26N2O3. The first kappa shape index (κ1) is 21.4. The van der Waals surface area contributed by atoms with Crippen LogP contribution < -0.4 is 10.1 Å². The van der Waals surface area contributed by atoms with Crippen molar-refractivity contribution in [1.29, 1.82) is 0 Å². The highest BCUT2D eigenvalue weighted by Gasteiger charge is 2.09. The lowest BCUT2D eigenvalue weighted by Gasteiger charge is -2.08. The lowest BCUT2D eigenvalue weighted by molar-refractivity contribution is -0.121. The van der Waals surface area contributed by atoms with Crippen molar-refractivity contribution in [3.05, 3.63) is 108 Å². The third kappa shape index (κ3) is 6.08. The van der Waals surface area contributed by atoms with Gasteiger partial charge in [-0.1, -0.05) is 72.3 Å². The second-order valence-corrected chi connectivity index (χ2v) is 7.68. The van der Waals surface area contributed by atoms with Crippen molar-refractivity contribution in [3.63, 3.8) is 0 Å². The number of hydrogen-bond donors (Lipinski definition) is 1. The number of aryl methyl sites for hydroxylation is 2. The van der Waals surface area contributed by atoms with Crippen molar-refractivity contribution in [2.45, 2.75) is 32.9 Å². The maximum atomic E-state index is 12.2. The minimum absolute atomic E-state index is 0.0375. The lowest BCUT2D eigenvalue weighted by atomic mass is 10.1. The van der Waals surface area contributed by atoms with Crippen molar-refractivity contribution in [2.75, 3.05) is 0 Å². The van der Waals surface area contributed by atoms with E-state index in [4.69, 9.17) is 9.15 Å². The second kappa shape index (κ2) is 10.4. The molecule has 0 aliphatic heterocycles. The zero-order valence-electron chi connectivity index (χ0n) is 18.1. The van der Waals surface area contributed by atoms with Crippen LogP contribution in [0.15, 0.2) is 89.5 Å². The molecule has 0 aliphatic rings. The molecule has 0 fully saturated rings. The molecule has 0 atom stereocenters. The molecule has 0 unspecified atom stereocenters. The zero-order valence-corrected chi connectivity index (χ0v) is 18.1. The molecule has 1 amide bonds. The van der Waals surface area contributed by atoms with E-state index in [1.54, 1.807) is 6.20 Å². The molecule has 0 radical (unpaired) electrons. The number of oxazole rings is 1. The highest BCUT2D eigenvalue weighted by atomic mass is 16.5. The largest absolute Gasteiger partial charge is 0.489 e. The van der Waals surface area contributed by atoms with Crippen LogP contribution in [0.3, 0.4) is 0 Å². The molecule has 0 bridgehead atoms. The SMILES string of the molecule is Cc1ccc(-c2cnc(CCC(=O)NCc3ccc(OCc4ccccc4)cc3)o2)cc1. The van der Waals surface area contributed by atoms with Gasteiger partial charge < -0.3 is 14.5 Å². The summed E-state index contributed by atoms with van der Waals surface area (Å²) in [5.74, 6) is 2.05. The van der Waals surface area contributed by atoms with Crippen LogP contribution in [-0.2, 0) is 24.4 Å². The quantitative estimate of drug-likeness (QED) is 0.385. The van der Waals surface area contributed by atoms with E-state index in [9.17, 15) is 4.79 Å². The third-order valence-corrected chi connectivity index (χ3v) is 5.12. The normalized spacial score (nSPS) is 10.7. The summed E-state index contributed by atoms with van der Waals surface area (Å²) in [6, 6.07) is 25.9. The fourth-order valence-electron chi connectivity index (χ4n) is 3.23. The topological polar surface area (TPSA) is 64.4 Å². The Kier molecular flexibility index (Phi) is 6.98. The molecule has 162 valence electrons. The molecule has 4 rings (SSSR count). The maximum Gasteiger partial charge on any atom is 0.220 e. The summed E-state index contributed by atoms with van der Waals surface area (Å²) in [5.41, 5.74) is 4.32. The number of aromatic nitrogens is 1. The monoisotopic (exact) mass is 426 g/mol. The van der Waals surface area contributed by atoms with Crippen molar-refractivity contribution in [1.82, 2.24) is 10.3 Å². The summed E-state index contributed by atoms with van der Waals surface area (Å²) in [7, 11) is 0. The summed E-state index contributed by atoms with van der Waals surface area (Å²) < 4.78 is 11.6. The minimum atomic E-state index is -0.0375. The number of nitrogens with zero attached hydrogens (tertiary/aromatic N) is 1. The highest BCUT2D eigenvalue weighted by molar-refractivity contribution is 5.76. The van der Waals surface area contributed by atoms with Crippen LogP contribution in [0.1, 0.15) is 29.0 Å². The minimum Gasteiger partial charge on any atom is -0.489 e. The summed E-state index contributed by atoms with van der Waals surface area (Å²) in [6.45, 7) is 3.05. The molecule has 5 heteroatoms. The maximum absolute atomic E-state index is 12.2. The van der Waals surface area contributed by atoms with Crippen LogP contribution in [0.2, 0.25) is 0 Å². The number of carbonyl (C=O) groups excluding carboxylic acids is 1. The Morgan fingerprint density at radius 3 is 2.44 bits per heavy atom. The first-order valence-corrected chi connectivity index (χ1v) is 10.7. The van der Waals surface area contributed by atoms with Gasteiger partial charge in [-0.05, 0) is 30.2 Å². The molecule has 32 heavy (non-hydrogen) atoms. The van der Waals surface area contributed by atoms with Crippen molar-refractivity contribution >= 4 is 5.91 Å². The predicted octanol–water partition coefficient (Wildman–Crippen LogP) is 5.48. The molecule has 4 aromatic rings. The van der Waals surface area contributed by atoms with Crippen LogP contribution in [0.5, 0.6) is 5.75 Å². The second-order valence-electron chi connectivity index (χ2n) is 7.68. The number of hydrogen-bond acceptors (Lipinski definition) is 4. The number of amides is 1. The van der Waals surface area contributed by atoms with Gasteiger partial charge in [0.2, 0.25) is 5.91 Å². The third-order valence-electron chi connectivity index (χ3n) is 5.12. The zero-order chi connectivity index (χ0) is 22.2. The van der Waals surface area contributed by atoms with Crippen molar-refractivity contribution in [2.24, 2.45) is 0 Å². The Balaban J connectivity index is 1.20. The first-order chi connectivity index (χ1) is 15.7. The molecule has 5 nitrogen and oxygen atoms in total. The van der Waals surface area contributed by atoms with Gasteiger partial charge >= 0.3 is 0 Å². The van der Waals surface area contributed by atoms with Crippen molar-refractivity contribution in [3.8, 4) is 17.1 Å². The van der Waals surface area contributed by atoms with E-state index >= 15 is 0 Å².